The first-order chi connectivity index (χ1) is 9.63. The van der Waals surface area contributed by atoms with Crippen LogP contribution in [0.4, 0.5) is 11.4 Å². The molecule has 2 aromatic rings. The van der Waals surface area contributed by atoms with E-state index in [0.29, 0.717) is 17.1 Å². The molecule has 0 aliphatic rings. The van der Waals surface area contributed by atoms with E-state index in [2.05, 4.69) is 31.7 Å². The molecule has 6 nitrogen and oxygen atoms in total. The van der Waals surface area contributed by atoms with Gasteiger partial charge in [0, 0.05) is 10.7 Å². The summed E-state index contributed by atoms with van der Waals surface area (Å²) in [5, 5.41) is 2.74. The van der Waals surface area contributed by atoms with Gasteiger partial charge in [-0.3, -0.25) is 15.6 Å². The molecule has 0 saturated heterocycles. The van der Waals surface area contributed by atoms with E-state index in [9.17, 15) is 4.79 Å². The lowest BCUT2D eigenvalue weighted by Crippen LogP contribution is -2.15. The molecule has 1 amide bonds. The number of carbonyl (C=O) groups is 1. The van der Waals surface area contributed by atoms with E-state index < -0.39 is 0 Å². The zero-order valence-corrected chi connectivity index (χ0v) is 12.3. The zero-order valence-electron chi connectivity index (χ0n) is 10.7. The minimum atomic E-state index is -0.349. The Balaban J connectivity index is 2.25. The Bertz CT molecular complexity index is 634. The van der Waals surface area contributed by atoms with Crippen LogP contribution in [0.3, 0.4) is 0 Å². The first-order valence-corrected chi connectivity index (χ1v) is 6.51. The van der Waals surface area contributed by atoms with Crippen LogP contribution in [0.2, 0.25) is 0 Å². The van der Waals surface area contributed by atoms with Gasteiger partial charge in [0.05, 0.1) is 18.5 Å². The lowest BCUT2D eigenvalue weighted by Gasteiger charge is -2.10. The molecule has 1 heterocycles. The maximum atomic E-state index is 12.1. The molecule has 0 atom stereocenters. The monoisotopic (exact) mass is 336 g/mol. The Labute approximate surface area is 124 Å². The Hall–Kier alpha value is -2.12. The number of nitrogen functional groups attached to an aromatic ring is 1. The molecule has 0 saturated carbocycles. The molecule has 0 radical (unpaired) electrons. The summed E-state index contributed by atoms with van der Waals surface area (Å²) in [5.74, 6) is 5.52. The van der Waals surface area contributed by atoms with Crippen LogP contribution >= 0.6 is 15.9 Å². The van der Waals surface area contributed by atoms with Gasteiger partial charge >= 0.3 is 0 Å². The number of nitrogens with two attached hydrogens (primary N) is 1. The minimum absolute atomic E-state index is 0.252. The summed E-state index contributed by atoms with van der Waals surface area (Å²) in [6.45, 7) is 0. The van der Waals surface area contributed by atoms with Crippen molar-refractivity contribution in [3.8, 4) is 5.75 Å². The fraction of sp³-hybridized carbons (Fsp3) is 0.0769. The van der Waals surface area contributed by atoms with Crippen LogP contribution in [0.5, 0.6) is 5.75 Å². The lowest BCUT2D eigenvalue weighted by molar-refractivity contribution is 0.102. The minimum Gasteiger partial charge on any atom is -0.495 e. The molecular formula is C13H13BrN4O2. The number of nitrogens with one attached hydrogen (secondary N) is 2. The molecule has 0 bridgehead atoms. The summed E-state index contributed by atoms with van der Waals surface area (Å²) < 4.78 is 6.03. The quantitative estimate of drug-likeness (QED) is 0.589. The summed E-state index contributed by atoms with van der Waals surface area (Å²) in [7, 11) is 1.54. The number of amides is 1. The Kier molecular flexibility index (Phi) is 4.54. The molecule has 0 spiro atoms. The third-order valence-electron chi connectivity index (χ3n) is 2.57. The highest BCUT2D eigenvalue weighted by Crippen LogP contribution is 2.28. The van der Waals surface area contributed by atoms with Gasteiger partial charge in [0.25, 0.3) is 5.91 Å². The second kappa shape index (κ2) is 6.36. The number of hydrogen-bond donors (Lipinski definition) is 3. The predicted molar refractivity (Wildman–Crippen MR) is 80.7 cm³/mol. The average molecular weight is 337 g/mol. The number of nitrogens with zero attached hydrogens (tertiary/aromatic N) is 1. The van der Waals surface area contributed by atoms with E-state index in [1.807, 2.05) is 6.07 Å². The van der Waals surface area contributed by atoms with Crippen LogP contribution in [0.15, 0.2) is 41.0 Å². The number of hydrogen-bond acceptors (Lipinski definition) is 5. The van der Waals surface area contributed by atoms with Gasteiger partial charge < -0.3 is 15.5 Å². The smallest absolute Gasteiger partial charge is 0.274 e. The zero-order chi connectivity index (χ0) is 14.5. The maximum Gasteiger partial charge on any atom is 0.274 e. The van der Waals surface area contributed by atoms with Gasteiger partial charge in [-0.15, -0.1) is 0 Å². The number of aromatic nitrogens is 1. The van der Waals surface area contributed by atoms with E-state index in [0.717, 1.165) is 4.47 Å². The van der Waals surface area contributed by atoms with Gasteiger partial charge in [0.1, 0.15) is 11.4 Å². The number of anilines is 2. The van der Waals surface area contributed by atoms with Gasteiger partial charge in [0.2, 0.25) is 0 Å². The molecule has 1 aromatic carbocycles. The topological polar surface area (TPSA) is 89.3 Å². The summed E-state index contributed by atoms with van der Waals surface area (Å²) in [5.41, 5.74) is 3.88. The first kappa shape index (κ1) is 14.3. The summed E-state index contributed by atoms with van der Waals surface area (Å²) in [6, 6.07) is 8.55. The highest BCUT2D eigenvalue weighted by atomic mass is 79.9. The molecule has 0 unspecified atom stereocenters. The van der Waals surface area contributed by atoms with Crippen LogP contribution in [-0.2, 0) is 0 Å². The Morgan fingerprint density at radius 2 is 2.15 bits per heavy atom. The summed E-state index contributed by atoms with van der Waals surface area (Å²) >= 11 is 3.35. The van der Waals surface area contributed by atoms with E-state index >= 15 is 0 Å². The number of methoxy groups -OCH3 is 1. The van der Waals surface area contributed by atoms with E-state index in [1.54, 1.807) is 24.3 Å². The standard InChI is InChI=1S/C13H13BrN4O2/c1-20-12-3-2-8(14)6-10(12)17-13(19)11-7-9(18-15)4-5-16-11/h2-7H,15H2,1H3,(H,16,18)(H,17,19). The number of halogens is 1. The van der Waals surface area contributed by atoms with Gasteiger partial charge in [-0.1, -0.05) is 15.9 Å². The van der Waals surface area contributed by atoms with Crippen molar-refractivity contribution in [3.05, 3.63) is 46.7 Å². The predicted octanol–water partition coefficient (Wildman–Crippen LogP) is 2.39. The number of rotatable bonds is 4. The van der Waals surface area contributed by atoms with Gasteiger partial charge in [0.15, 0.2) is 0 Å². The summed E-state index contributed by atoms with van der Waals surface area (Å²) in [4.78, 5) is 16.1. The highest BCUT2D eigenvalue weighted by Gasteiger charge is 2.11. The van der Waals surface area contributed by atoms with Crippen LogP contribution < -0.4 is 21.3 Å². The van der Waals surface area contributed by atoms with E-state index in [4.69, 9.17) is 10.6 Å². The lowest BCUT2D eigenvalue weighted by atomic mass is 10.2. The van der Waals surface area contributed by atoms with Crippen LogP contribution in [-0.4, -0.2) is 18.0 Å². The van der Waals surface area contributed by atoms with Gasteiger partial charge in [-0.2, -0.15) is 0 Å². The molecule has 7 heteroatoms. The molecule has 4 N–H and O–H groups in total. The van der Waals surface area contributed by atoms with E-state index in [1.165, 1.54) is 13.3 Å². The molecule has 104 valence electrons. The molecule has 0 fully saturated rings. The second-order valence-electron chi connectivity index (χ2n) is 3.87. The molecule has 20 heavy (non-hydrogen) atoms. The Morgan fingerprint density at radius 1 is 1.35 bits per heavy atom. The normalized spacial score (nSPS) is 9.95. The van der Waals surface area contributed by atoms with E-state index in [-0.39, 0.29) is 11.6 Å². The van der Waals surface area contributed by atoms with Crippen LogP contribution in [0.1, 0.15) is 10.5 Å². The number of hydrazine groups is 1. The third kappa shape index (κ3) is 3.25. The van der Waals surface area contributed by atoms with Crippen molar-refractivity contribution in [2.45, 2.75) is 0 Å². The Morgan fingerprint density at radius 3 is 2.85 bits per heavy atom. The second-order valence-corrected chi connectivity index (χ2v) is 4.79. The third-order valence-corrected chi connectivity index (χ3v) is 3.06. The van der Waals surface area contributed by atoms with Crippen molar-refractivity contribution in [3.63, 3.8) is 0 Å². The molecule has 0 aliphatic heterocycles. The number of carbonyl (C=O) groups excluding carboxylic acids is 1. The highest BCUT2D eigenvalue weighted by molar-refractivity contribution is 9.10. The number of ether oxygens (including phenoxy) is 1. The van der Waals surface area contributed by atoms with Crippen molar-refractivity contribution < 1.29 is 9.53 Å². The molecule has 1 aromatic heterocycles. The fourth-order valence-corrected chi connectivity index (χ4v) is 1.97. The fourth-order valence-electron chi connectivity index (χ4n) is 1.61. The average Bonchev–Trinajstić information content (AvgIpc) is 2.47. The van der Waals surface area contributed by atoms with Crippen molar-refractivity contribution in [1.82, 2.24) is 4.98 Å². The van der Waals surface area contributed by atoms with Gasteiger partial charge in [-0.05, 0) is 30.3 Å². The molecule has 2 rings (SSSR count). The molecular weight excluding hydrogens is 324 g/mol. The number of benzene rings is 1. The van der Waals surface area contributed by atoms with Gasteiger partial charge in [-0.25, -0.2) is 0 Å². The largest absolute Gasteiger partial charge is 0.495 e. The van der Waals surface area contributed by atoms with Crippen molar-refractivity contribution in [2.75, 3.05) is 17.9 Å². The first-order valence-electron chi connectivity index (χ1n) is 5.71. The SMILES string of the molecule is COc1ccc(Br)cc1NC(=O)c1cc(NN)ccn1. The van der Waals surface area contributed by atoms with Crippen LogP contribution in [0, 0.1) is 0 Å². The maximum absolute atomic E-state index is 12.1. The summed E-state index contributed by atoms with van der Waals surface area (Å²) in [6.07, 6.45) is 1.50. The van der Waals surface area contributed by atoms with Crippen molar-refractivity contribution in [1.29, 1.82) is 0 Å². The number of pyridine rings is 1. The van der Waals surface area contributed by atoms with Crippen molar-refractivity contribution >= 4 is 33.2 Å². The van der Waals surface area contributed by atoms with Crippen LogP contribution in [0.25, 0.3) is 0 Å². The van der Waals surface area contributed by atoms with Crippen molar-refractivity contribution in [2.24, 2.45) is 5.84 Å². The molecule has 0 aliphatic carbocycles.